The number of unbranched alkanes of at least 4 members (excludes halogenated alkanes) is 11. The van der Waals surface area contributed by atoms with Gasteiger partial charge in [0.1, 0.15) is 0 Å². The predicted molar refractivity (Wildman–Crippen MR) is 69.8 cm³/mol. The van der Waals surface area contributed by atoms with Crippen LogP contribution >= 0.6 is 0 Å². The van der Waals surface area contributed by atoms with Crippen LogP contribution in [0.5, 0.6) is 0 Å². The molecule has 16 heavy (non-hydrogen) atoms. The maximum atomic E-state index is 10.2. The first-order chi connectivity index (χ1) is 7.91. The van der Waals surface area contributed by atoms with Gasteiger partial charge in [0.25, 0.3) is 0 Å². The van der Waals surface area contributed by atoms with Crippen molar-refractivity contribution in [3.8, 4) is 12.3 Å². The molecule has 0 aromatic carbocycles. The topological polar surface area (TPSA) is 19.9 Å². The Kier molecular flexibility index (Phi) is 14.1. The van der Waals surface area contributed by atoms with E-state index in [9.17, 15) is 5.11 Å². The largest absolute Gasteiger partial charge is 0.237 e. The molecular formula is C15H27O. The normalized spacial score (nSPS) is 10.2. The summed E-state index contributed by atoms with van der Waals surface area (Å²) in [7, 11) is 0. The van der Waals surface area contributed by atoms with Crippen LogP contribution in [0.1, 0.15) is 77.0 Å². The third-order valence-electron chi connectivity index (χ3n) is 2.97. The van der Waals surface area contributed by atoms with Gasteiger partial charge in [-0.15, -0.1) is 12.3 Å². The maximum absolute atomic E-state index is 10.2. The van der Waals surface area contributed by atoms with E-state index in [0.717, 1.165) is 19.3 Å². The molecule has 0 saturated carbocycles. The van der Waals surface area contributed by atoms with Crippen molar-refractivity contribution in [1.82, 2.24) is 0 Å². The van der Waals surface area contributed by atoms with Gasteiger partial charge in [-0.2, -0.15) is 0 Å². The Bertz CT molecular complexity index is 157. The molecule has 0 fully saturated rings. The van der Waals surface area contributed by atoms with E-state index in [1.54, 1.807) is 0 Å². The standard InChI is InChI=1S/C15H27O/c1-2-3-4-5-6-7-8-9-10-11-12-13-14-15-16/h1H,3-15H2. The molecule has 0 aromatic rings. The van der Waals surface area contributed by atoms with E-state index in [1.165, 1.54) is 57.8 Å². The first-order valence-corrected chi connectivity index (χ1v) is 6.93. The molecule has 1 nitrogen and oxygen atoms in total. The SMILES string of the molecule is C#CCCCCCCCCCCCCC[O]. The van der Waals surface area contributed by atoms with E-state index in [2.05, 4.69) is 5.92 Å². The van der Waals surface area contributed by atoms with Crippen molar-refractivity contribution in [2.24, 2.45) is 0 Å². The smallest absolute Gasteiger partial charge is 0.0822 e. The van der Waals surface area contributed by atoms with Gasteiger partial charge < -0.3 is 0 Å². The van der Waals surface area contributed by atoms with E-state index >= 15 is 0 Å². The highest BCUT2D eigenvalue weighted by atomic mass is 16.2. The van der Waals surface area contributed by atoms with Crippen LogP contribution in [0.2, 0.25) is 0 Å². The van der Waals surface area contributed by atoms with Crippen LogP contribution < -0.4 is 0 Å². The van der Waals surface area contributed by atoms with Gasteiger partial charge >= 0.3 is 0 Å². The van der Waals surface area contributed by atoms with E-state index in [-0.39, 0.29) is 6.61 Å². The fraction of sp³-hybridized carbons (Fsp3) is 0.867. The second kappa shape index (κ2) is 14.5. The monoisotopic (exact) mass is 223 g/mol. The van der Waals surface area contributed by atoms with Crippen LogP contribution in [0, 0.1) is 12.3 Å². The molecule has 0 spiro atoms. The van der Waals surface area contributed by atoms with Crippen LogP contribution in [0.3, 0.4) is 0 Å². The maximum Gasteiger partial charge on any atom is 0.0822 e. The van der Waals surface area contributed by atoms with Gasteiger partial charge in [0.15, 0.2) is 0 Å². The Morgan fingerprint density at radius 3 is 1.38 bits per heavy atom. The van der Waals surface area contributed by atoms with Crippen LogP contribution in [-0.4, -0.2) is 6.61 Å². The molecule has 0 saturated heterocycles. The molecule has 0 aromatic heterocycles. The first-order valence-electron chi connectivity index (χ1n) is 6.93. The molecule has 0 amide bonds. The van der Waals surface area contributed by atoms with Gasteiger partial charge in [-0.3, -0.25) is 0 Å². The van der Waals surface area contributed by atoms with E-state index in [1.807, 2.05) is 0 Å². The van der Waals surface area contributed by atoms with Gasteiger partial charge in [-0.05, 0) is 12.8 Å². The van der Waals surface area contributed by atoms with E-state index in [0.29, 0.717) is 0 Å². The fourth-order valence-electron chi connectivity index (χ4n) is 1.92. The summed E-state index contributed by atoms with van der Waals surface area (Å²) < 4.78 is 0. The van der Waals surface area contributed by atoms with Gasteiger partial charge in [0.05, 0.1) is 6.61 Å². The van der Waals surface area contributed by atoms with Crippen LogP contribution in [-0.2, 0) is 5.11 Å². The molecule has 1 radical (unpaired) electrons. The molecule has 0 N–H and O–H groups in total. The highest BCUT2D eigenvalue weighted by Crippen LogP contribution is 2.11. The fourth-order valence-corrected chi connectivity index (χ4v) is 1.92. The van der Waals surface area contributed by atoms with Crippen molar-refractivity contribution >= 4 is 0 Å². The Labute approximate surface area is 102 Å². The molecule has 0 unspecified atom stereocenters. The van der Waals surface area contributed by atoms with Gasteiger partial charge in [-0.25, -0.2) is 5.11 Å². The Morgan fingerprint density at radius 1 is 0.625 bits per heavy atom. The average molecular weight is 223 g/mol. The Balaban J connectivity index is 2.86. The average Bonchev–Trinajstić information content (AvgIpc) is 2.31. The molecular weight excluding hydrogens is 196 g/mol. The summed E-state index contributed by atoms with van der Waals surface area (Å²) >= 11 is 0. The Morgan fingerprint density at radius 2 is 1.00 bits per heavy atom. The van der Waals surface area contributed by atoms with Crippen molar-refractivity contribution in [3.63, 3.8) is 0 Å². The summed E-state index contributed by atoms with van der Waals surface area (Å²) in [5, 5.41) is 10.2. The minimum absolute atomic E-state index is 0.109. The minimum Gasteiger partial charge on any atom is -0.237 e. The number of hydrogen-bond donors (Lipinski definition) is 0. The van der Waals surface area contributed by atoms with Crippen molar-refractivity contribution in [1.29, 1.82) is 0 Å². The van der Waals surface area contributed by atoms with Crippen LogP contribution in [0.4, 0.5) is 0 Å². The number of hydrogen-bond acceptors (Lipinski definition) is 0. The molecule has 0 atom stereocenters. The lowest BCUT2D eigenvalue weighted by molar-refractivity contribution is 0.186. The highest BCUT2D eigenvalue weighted by molar-refractivity contribution is 4.82. The zero-order chi connectivity index (χ0) is 11.9. The summed E-state index contributed by atoms with van der Waals surface area (Å²) in [6.45, 7) is 0.109. The van der Waals surface area contributed by atoms with Crippen molar-refractivity contribution < 1.29 is 5.11 Å². The summed E-state index contributed by atoms with van der Waals surface area (Å²) in [4.78, 5) is 0. The van der Waals surface area contributed by atoms with Gasteiger partial charge in [0, 0.05) is 6.42 Å². The summed E-state index contributed by atoms with van der Waals surface area (Å²) in [6, 6.07) is 0. The molecule has 93 valence electrons. The van der Waals surface area contributed by atoms with Crippen LogP contribution in [0.15, 0.2) is 0 Å². The summed E-state index contributed by atoms with van der Waals surface area (Å²) in [5.41, 5.74) is 0. The van der Waals surface area contributed by atoms with Crippen molar-refractivity contribution in [2.45, 2.75) is 77.0 Å². The molecule has 0 aliphatic heterocycles. The quantitative estimate of drug-likeness (QED) is 0.337. The van der Waals surface area contributed by atoms with Crippen LogP contribution in [0.25, 0.3) is 0 Å². The third-order valence-corrected chi connectivity index (χ3v) is 2.97. The zero-order valence-corrected chi connectivity index (χ0v) is 10.7. The zero-order valence-electron chi connectivity index (χ0n) is 10.7. The minimum atomic E-state index is 0.109. The molecule has 1 heteroatoms. The molecule has 0 rings (SSSR count). The van der Waals surface area contributed by atoms with Crippen molar-refractivity contribution in [2.75, 3.05) is 6.61 Å². The van der Waals surface area contributed by atoms with E-state index in [4.69, 9.17) is 6.42 Å². The number of rotatable bonds is 12. The molecule has 0 heterocycles. The second-order valence-electron chi connectivity index (χ2n) is 4.55. The second-order valence-corrected chi connectivity index (χ2v) is 4.55. The summed E-state index contributed by atoms with van der Waals surface area (Å²) in [5.74, 6) is 2.68. The summed E-state index contributed by atoms with van der Waals surface area (Å²) in [6.07, 6.45) is 20.0. The Hall–Kier alpha value is -0.480. The lowest BCUT2D eigenvalue weighted by Crippen LogP contribution is -1.84. The third kappa shape index (κ3) is 13.5. The van der Waals surface area contributed by atoms with E-state index < -0.39 is 0 Å². The molecule has 0 aliphatic carbocycles. The first kappa shape index (κ1) is 15.5. The number of terminal acetylenes is 1. The molecule has 0 aliphatic rings. The molecule has 0 bridgehead atoms. The predicted octanol–water partition coefficient (Wildman–Crippen LogP) is 4.73. The van der Waals surface area contributed by atoms with Crippen molar-refractivity contribution in [3.05, 3.63) is 0 Å². The van der Waals surface area contributed by atoms with Gasteiger partial charge in [0.2, 0.25) is 0 Å². The van der Waals surface area contributed by atoms with Gasteiger partial charge in [-0.1, -0.05) is 57.8 Å². The highest BCUT2D eigenvalue weighted by Gasteiger charge is 1.92. The lowest BCUT2D eigenvalue weighted by atomic mass is 10.1. The lowest BCUT2D eigenvalue weighted by Gasteiger charge is -2.01.